The molecule has 4 nitrogen and oxygen atoms in total. The third-order valence-electron chi connectivity index (χ3n) is 4.07. The lowest BCUT2D eigenvalue weighted by Gasteiger charge is -2.30. The smallest absolute Gasteiger partial charge is 0.140 e. The third-order valence-corrected chi connectivity index (χ3v) is 4.07. The second-order valence-corrected chi connectivity index (χ2v) is 5.41. The highest BCUT2D eigenvalue weighted by atomic mass is 16.5. The van der Waals surface area contributed by atoms with E-state index >= 15 is 0 Å². The Hall–Kier alpha value is -1.10. The first-order valence-corrected chi connectivity index (χ1v) is 7.15. The summed E-state index contributed by atoms with van der Waals surface area (Å²) in [5, 5.41) is 11.5. The van der Waals surface area contributed by atoms with Crippen LogP contribution in [0.5, 0.6) is 5.75 Å². The molecule has 4 heteroatoms. The maximum absolute atomic E-state index is 9.17. The van der Waals surface area contributed by atoms with Gasteiger partial charge >= 0.3 is 0 Å². The zero-order valence-corrected chi connectivity index (χ0v) is 12.0. The van der Waals surface area contributed by atoms with Crippen LogP contribution in [0.25, 0.3) is 0 Å². The molecule has 0 bridgehead atoms. The van der Waals surface area contributed by atoms with Crippen molar-refractivity contribution in [3.63, 3.8) is 0 Å². The predicted molar refractivity (Wildman–Crippen MR) is 74.4 cm³/mol. The topological polar surface area (TPSA) is 50.5 Å². The molecule has 1 aromatic rings. The maximum atomic E-state index is 9.17. The van der Waals surface area contributed by atoms with E-state index in [2.05, 4.69) is 30.4 Å². The SMILES string of the molecule is COc1ccc(C[NH+]2CC[NH2+]C[C@H]2CCO)cc1C. The summed E-state index contributed by atoms with van der Waals surface area (Å²) in [6.07, 6.45) is 0.904. The average Bonchev–Trinajstić information content (AvgIpc) is 2.41. The summed E-state index contributed by atoms with van der Waals surface area (Å²) in [6.45, 7) is 6.92. The van der Waals surface area contributed by atoms with Gasteiger partial charge in [0.1, 0.15) is 38.0 Å². The van der Waals surface area contributed by atoms with E-state index in [4.69, 9.17) is 4.74 Å². The Morgan fingerprint density at radius 3 is 3.00 bits per heavy atom. The number of hydrogen-bond acceptors (Lipinski definition) is 2. The van der Waals surface area contributed by atoms with Crippen molar-refractivity contribution in [1.29, 1.82) is 0 Å². The molecular weight excluding hydrogens is 240 g/mol. The first-order chi connectivity index (χ1) is 9.24. The molecular formula is C15H26N2O2+2. The predicted octanol–water partition coefficient (Wildman–Crippen LogP) is -1.28. The Bertz CT molecular complexity index is 407. The lowest BCUT2D eigenvalue weighted by molar-refractivity contribution is -0.982. The van der Waals surface area contributed by atoms with Crippen LogP contribution < -0.4 is 15.0 Å². The normalized spacial score (nSPS) is 23.3. The molecule has 1 aromatic carbocycles. The summed E-state index contributed by atoms with van der Waals surface area (Å²) in [4.78, 5) is 1.60. The third kappa shape index (κ3) is 3.69. The van der Waals surface area contributed by atoms with Crippen molar-refractivity contribution in [3.05, 3.63) is 29.3 Å². The van der Waals surface area contributed by atoms with Crippen molar-refractivity contribution >= 4 is 0 Å². The number of rotatable bonds is 5. The molecule has 4 N–H and O–H groups in total. The molecule has 0 amide bonds. The molecule has 19 heavy (non-hydrogen) atoms. The molecule has 1 aliphatic heterocycles. The molecule has 0 aromatic heterocycles. The number of hydrogen-bond donors (Lipinski definition) is 3. The Kier molecular flexibility index (Phi) is 5.19. The van der Waals surface area contributed by atoms with Gasteiger partial charge in [0.2, 0.25) is 0 Å². The fraction of sp³-hybridized carbons (Fsp3) is 0.600. The van der Waals surface area contributed by atoms with Crippen LogP contribution in [0.1, 0.15) is 17.5 Å². The number of quaternary nitrogens is 2. The van der Waals surface area contributed by atoms with Crippen molar-refractivity contribution < 1.29 is 20.1 Å². The van der Waals surface area contributed by atoms with Crippen molar-refractivity contribution in [1.82, 2.24) is 0 Å². The number of aliphatic hydroxyl groups is 1. The molecule has 2 rings (SSSR count). The van der Waals surface area contributed by atoms with E-state index in [1.54, 1.807) is 12.0 Å². The van der Waals surface area contributed by atoms with Crippen LogP contribution in [-0.2, 0) is 6.54 Å². The fourth-order valence-corrected chi connectivity index (χ4v) is 3.00. The molecule has 2 atom stereocenters. The van der Waals surface area contributed by atoms with Crippen molar-refractivity contribution in [2.45, 2.75) is 25.9 Å². The van der Waals surface area contributed by atoms with E-state index in [1.165, 1.54) is 24.2 Å². The number of aryl methyl sites for hydroxylation is 1. The molecule has 1 aliphatic rings. The molecule has 0 radical (unpaired) electrons. The van der Waals surface area contributed by atoms with E-state index in [-0.39, 0.29) is 0 Å². The van der Waals surface area contributed by atoms with Crippen molar-refractivity contribution in [2.75, 3.05) is 33.4 Å². The van der Waals surface area contributed by atoms with Crippen molar-refractivity contribution in [3.8, 4) is 5.75 Å². The summed E-state index contributed by atoms with van der Waals surface area (Å²) in [5.41, 5.74) is 2.56. The van der Waals surface area contributed by atoms with E-state index in [9.17, 15) is 5.11 Å². The van der Waals surface area contributed by atoms with Gasteiger partial charge in [0.15, 0.2) is 0 Å². The molecule has 0 aliphatic carbocycles. The second-order valence-electron chi connectivity index (χ2n) is 5.41. The van der Waals surface area contributed by atoms with Crippen LogP contribution in [0.2, 0.25) is 0 Å². The second kappa shape index (κ2) is 6.89. The molecule has 106 valence electrons. The fourth-order valence-electron chi connectivity index (χ4n) is 3.00. The monoisotopic (exact) mass is 266 g/mol. The standard InChI is InChI=1S/C15H24N2O2/c1-12-9-13(3-4-15(12)19-2)11-17-7-6-16-10-14(17)5-8-18/h3-4,9,14,16,18H,5-8,10-11H2,1-2H3/p+2/t14-/m1/s1. The Morgan fingerprint density at radius 2 is 2.32 bits per heavy atom. The van der Waals surface area contributed by atoms with Gasteiger partial charge in [-0.05, 0) is 30.7 Å². The Labute approximate surface area is 115 Å². The summed E-state index contributed by atoms with van der Waals surface area (Å²) in [6, 6.07) is 7.01. The van der Waals surface area contributed by atoms with Crippen LogP contribution in [-0.4, -0.2) is 44.5 Å². The quantitative estimate of drug-likeness (QED) is 0.621. The lowest BCUT2D eigenvalue weighted by Crippen LogP contribution is -3.23. The van der Waals surface area contributed by atoms with Crippen molar-refractivity contribution in [2.24, 2.45) is 0 Å². The number of aliphatic hydroxyl groups excluding tert-OH is 1. The molecule has 0 spiro atoms. The number of methoxy groups -OCH3 is 1. The molecule has 0 saturated carbocycles. The van der Waals surface area contributed by atoms with Gasteiger partial charge in [0.25, 0.3) is 0 Å². The first kappa shape index (κ1) is 14.3. The van der Waals surface area contributed by atoms with Gasteiger partial charge in [0, 0.05) is 18.6 Å². The van der Waals surface area contributed by atoms with E-state index in [1.807, 2.05) is 0 Å². The number of nitrogens with two attached hydrogens (primary N) is 1. The van der Waals surface area contributed by atoms with Gasteiger partial charge in [0.05, 0.1) is 7.11 Å². The van der Waals surface area contributed by atoms with E-state index < -0.39 is 0 Å². The number of piperazine rings is 1. The van der Waals surface area contributed by atoms with Gasteiger partial charge in [-0.25, -0.2) is 0 Å². The highest BCUT2D eigenvalue weighted by molar-refractivity contribution is 5.35. The van der Waals surface area contributed by atoms with Gasteiger partial charge in [-0.2, -0.15) is 0 Å². The van der Waals surface area contributed by atoms with E-state index in [0.29, 0.717) is 12.6 Å². The molecule has 1 heterocycles. The maximum Gasteiger partial charge on any atom is 0.140 e. The summed E-state index contributed by atoms with van der Waals surface area (Å²) in [5.74, 6) is 0.956. The van der Waals surface area contributed by atoms with Crippen LogP contribution in [0.4, 0.5) is 0 Å². The van der Waals surface area contributed by atoms with Crippen LogP contribution >= 0.6 is 0 Å². The zero-order valence-electron chi connectivity index (χ0n) is 12.0. The minimum absolute atomic E-state index is 0.295. The average molecular weight is 266 g/mol. The van der Waals surface area contributed by atoms with Crippen LogP contribution in [0, 0.1) is 6.92 Å². The molecule has 1 fully saturated rings. The van der Waals surface area contributed by atoms with Crippen LogP contribution in [0.3, 0.4) is 0 Å². The zero-order chi connectivity index (χ0) is 13.7. The van der Waals surface area contributed by atoms with Gasteiger partial charge in [-0.15, -0.1) is 0 Å². The summed E-state index contributed by atoms with van der Waals surface area (Å²) < 4.78 is 5.30. The van der Waals surface area contributed by atoms with Gasteiger partial charge in [-0.3, -0.25) is 0 Å². The first-order valence-electron chi connectivity index (χ1n) is 7.15. The number of nitrogens with one attached hydrogen (secondary N) is 1. The molecule has 1 unspecified atom stereocenters. The van der Waals surface area contributed by atoms with E-state index in [0.717, 1.165) is 25.3 Å². The largest absolute Gasteiger partial charge is 0.496 e. The number of benzene rings is 1. The highest BCUT2D eigenvalue weighted by Crippen LogP contribution is 2.17. The van der Waals surface area contributed by atoms with Gasteiger partial charge in [-0.1, -0.05) is 0 Å². The summed E-state index contributed by atoms with van der Waals surface area (Å²) >= 11 is 0. The van der Waals surface area contributed by atoms with Gasteiger partial charge < -0.3 is 20.1 Å². The Balaban J connectivity index is 2.04. The summed E-state index contributed by atoms with van der Waals surface area (Å²) in [7, 11) is 1.71. The lowest BCUT2D eigenvalue weighted by atomic mass is 10.1. The minimum Gasteiger partial charge on any atom is -0.496 e. The number of ether oxygens (including phenoxy) is 1. The van der Waals surface area contributed by atoms with Crippen LogP contribution in [0.15, 0.2) is 18.2 Å². The molecule has 1 saturated heterocycles. The highest BCUT2D eigenvalue weighted by Gasteiger charge is 2.27. The minimum atomic E-state index is 0.295. The Morgan fingerprint density at radius 1 is 1.47 bits per heavy atom.